The Kier molecular flexibility index (Phi) is 2.92. The molecule has 0 saturated carbocycles. The van der Waals surface area contributed by atoms with Gasteiger partial charge in [0.25, 0.3) is 11.8 Å². The smallest absolute Gasteiger partial charge is 0.267 e. The summed E-state index contributed by atoms with van der Waals surface area (Å²) in [5.74, 6) is -3.19. The van der Waals surface area contributed by atoms with Crippen LogP contribution in [0.15, 0.2) is 30.6 Å². The van der Waals surface area contributed by atoms with E-state index in [-0.39, 0.29) is 13.0 Å². The number of hydrogen-bond acceptors (Lipinski definition) is 4. The van der Waals surface area contributed by atoms with Crippen molar-refractivity contribution in [2.75, 3.05) is 13.1 Å². The van der Waals surface area contributed by atoms with Crippen LogP contribution in [0.2, 0.25) is 0 Å². The molecule has 0 bridgehead atoms. The van der Waals surface area contributed by atoms with Gasteiger partial charge in [-0.25, -0.2) is 13.5 Å². The monoisotopic (exact) mass is 279 g/mol. The largest absolute Gasteiger partial charge is 0.332 e. The second-order valence-corrected chi connectivity index (χ2v) is 4.64. The van der Waals surface area contributed by atoms with E-state index in [1.54, 1.807) is 24.3 Å². The van der Waals surface area contributed by atoms with Gasteiger partial charge < -0.3 is 4.90 Å². The van der Waals surface area contributed by atoms with E-state index in [2.05, 4.69) is 15.5 Å². The summed E-state index contributed by atoms with van der Waals surface area (Å²) in [6.45, 7) is -0.456. The number of tetrazole rings is 1. The van der Waals surface area contributed by atoms with Crippen LogP contribution in [0.5, 0.6) is 0 Å². The summed E-state index contributed by atoms with van der Waals surface area (Å²) >= 11 is 0. The van der Waals surface area contributed by atoms with Crippen LogP contribution in [0.4, 0.5) is 8.78 Å². The Labute approximate surface area is 113 Å². The number of halogens is 2. The van der Waals surface area contributed by atoms with Crippen LogP contribution in [0.1, 0.15) is 16.8 Å². The highest BCUT2D eigenvalue weighted by molar-refractivity contribution is 5.95. The first kappa shape index (κ1) is 12.6. The van der Waals surface area contributed by atoms with Gasteiger partial charge in [0, 0.05) is 18.5 Å². The third kappa shape index (κ3) is 2.36. The lowest BCUT2D eigenvalue weighted by Crippen LogP contribution is -2.31. The third-order valence-electron chi connectivity index (χ3n) is 3.16. The van der Waals surface area contributed by atoms with Gasteiger partial charge in [0.1, 0.15) is 6.33 Å². The van der Waals surface area contributed by atoms with Crippen LogP contribution >= 0.6 is 0 Å². The van der Waals surface area contributed by atoms with Crippen molar-refractivity contribution in [3.63, 3.8) is 0 Å². The van der Waals surface area contributed by atoms with E-state index < -0.39 is 18.4 Å². The SMILES string of the molecule is O=C(c1cccc(-n2cnnn2)c1)N1CCC(F)(F)C1. The molecule has 2 aromatic rings. The van der Waals surface area contributed by atoms with Crippen molar-refractivity contribution in [2.45, 2.75) is 12.3 Å². The topological polar surface area (TPSA) is 63.9 Å². The molecule has 1 aromatic heterocycles. The van der Waals surface area contributed by atoms with Crippen LogP contribution in [0, 0.1) is 0 Å². The summed E-state index contributed by atoms with van der Waals surface area (Å²) in [5, 5.41) is 10.7. The van der Waals surface area contributed by atoms with Gasteiger partial charge in [-0.15, -0.1) is 5.10 Å². The Morgan fingerprint density at radius 1 is 1.35 bits per heavy atom. The highest BCUT2D eigenvalue weighted by Crippen LogP contribution is 2.28. The van der Waals surface area contributed by atoms with E-state index in [9.17, 15) is 13.6 Å². The zero-order chi connectivity index (χ0) is 14.2. The van der Waals surface area contributed by atoms with Gasteiger partial charge >= 0.3 is 0 Å². The highest BCUT2D eigenvalue weighted by atomic mass is 19.3. The second kappa shape index (κ2) is 4.62. The Balaban J connectivity index is 1.84. The Hall–Kier alpha value is -2.38. The third-order valence-corrected chi connectivity index (χ3v) is 3.16. The van der Waals surface area contributed by atoms with Crippen LogP contribution < -0.4 is 0 Å². The molecule has 0 unspecified atom stereocenters. The first-order valence-electron chi connectivity index (χ1n) is 6.06. The number of benzene rings is 1. The van der Waals surface area contributed by atoms with E-state index in [4.69, 9.17) is 0 Å². The first-order valence-corrected chi connectivity index (χ1v) is 6.06. The van der Waals surface area contributed by atoms with Gasteiger partial charge in [0.2, 0.25) is 0 Å². The van der Waals surface area contributed by atoms with Gasteiger partial charge in [-0.05, 0) is 28.6 Å². The van der Waals surface area contributed by atoms with E-state index in [0.29, 0.717) is 11.3 Å². The van der Waals surface area contributed by atoms with Crippen molar-refractivity contribution in [1.82, 2.24) is 25.1 Å². The molecule has 8 heteroatoms. The van der Waals surface area contributed by atoms with Crippen molar-refractivity contribution in [3.05, 3.63) is 36.2 Å². The summed E-state index contributed by atoms with van der Waals surface area (Å²) < 4.78 is 27.7. The predicted molar refractivity (Wildman–Crippen MR) is 64.6 cm³/mol. The van der Waals surface area contributed by atoms with Gasteiger partial charge in [-0.3, -0.25) is 4.79 Å². The molecule has 0 N–H and O–H groups in total. The number of amides is 1. The average molecular weight is 279 g/mol. The summed E-state index contributed by atoms with van der Waals surface area (Å²) in [6.07, 6.45) is 1.11. The average Bonchev–Trinajstić information content (AvgIpc) is 3.07. The molecular weight excluding hydrogens is 268 g/mol. The van der Waals surface area contributed by atoms with Crippen molar-refractivity contribution in [1.29, 1.82) is 0 Å². The number of aromatic nitrogens is 4. The van der Waals surface area contributed by atoms with Crippen molar-refractivity contribution >= 4 is 5.91 Å². The lowest BCUT2D eigenvalue weighted by molar-refractivity contribution is 0.0120. The molecule has 104 valence electrons. The molecule has 1 saturated heterocycles. The molecule has 0 radical (unpaired) electrons. The fourth-order valence-electron chi connectivity index (χ4n) is 2.15. The van der Waals surface area contributed by atoms with Crippen molar-refractivity contribution < 1.29 is 13.6 Å². The van der Waals surface area contributed by atoms with Gasteiger partial charge in [-0.1, -0.05) is 6.07 Å². The maximum Gasteiger partial charge on any atom is 0.267 e. The number of carbonyl (C=O) groups excluding carboxylic acids is 1. The summed E-state index contributed by atoms with van der Waals surface area (Å²) in [5.41, 5.74) is 0.947. The summed E-state index contributed by atoms with van der Waals surface area (Å²) in [6, 6.07) is 6.56. The standard InChI is InChI=1S/C12H11F2N5O/c13-12(14)4-5-18(7-12)11(20)9-2-1-3-10(6-9)19-8-15-16-17-19/h1-3,6,8H,4-5,7H2. The maximum atomic E-state index is 13.1. The minimum Gasteiger partial charge on any atom is -0.332 e. The van der Waals surface area contributed by atoms with Crippen LogP contribution in [0.25, 0.3) is 5.69 Å². The van der Waals surface area contributed by atoms with E-state index in [1.165, 1.54) is 15.9 Å². The number of hydrogen-bond donors (Lipinski definition) is 0. The van der Waals surface area contributed by atoms with E-state index in [1.807, 2.05) is 0 Å². The number of alkyl halides is 2. The molecule has 20 heavy (non-hydrogen) atoms. The highest BCUT2D eigenvalue weighted by Gasteiger charge is 2.40. The zero-order valence-corrected chi connectivity index (χ0v) is 10.4. The minimum atomic E-state index is -2.79. The van der Waals surface area contributed by atoms with Gasteiger partial charge in [0.15, 0.2) is 0 Å². The zero-order valence-electron chi connectivity index (χ0n) is 10.4. The molecule has 1 aromatic carbocycles. The maximum absolute atomic E-state index is 13.1. The van der Waals surface area contributed by atoms with Crippen LogP contribution in [-0.4, -0.2) is 50.0 Å². The van der Waals surface area contributed by atoms with Crippen molar-refractivity contribution in [2.24, 2.45) is 0 Å². The lowest BCUT2D eigenvalue weighted by Gasteiger charge is -2.16. The first-order chi connectivity index (χ1) is 9.55. The normalized spacial score (nSPS) is 17.4. The molecule has 1 fully saturated rings. The fourth-order valence-corrected chi connectivity index (χ4v) is 2.15. The molecule has 6 nitrogen and oxygen atoms in total. The number of carbonyl (C=O) groups is 1. The van der Waals surface area contributed by atoms with Crippen molar-refractivity contribution in [3.8, 4) is 5.69 Å². The number of rotatable bonds is 2. The Bertz CT molecular complexity index is 629. The summed E-state index contributed by atoms with van der Waals surface area (Å²) in [7, 11) is 0. The Morgan fingerprint density at radius 2 is 2.20 bits per heavy atom. The quantitative estimate of drug-likeness (QED) is 0.827. The van der Waals surface area contributed by atoms with E-state index in [0.717, 1.165) is 0 Å². The molecule has 0 atom stereocenters. The van der Waals surface area contributed by atoms with Gasteiger partial charge in [0.05, 0.1) is 12.2 Å². The molecule has 0 spiro atoms. The number of nitrogens with zero attached hydrogens (tertiary/aromatic N) is 5. The molecule has 1 aliphatic heterocycles. The van der Waals surface area contributed by atoms with Crippen LogP contribution in [-0.2, 0) is 0 Å². The second-order valence-electron chi connectivity index (χ2n) is 4.64. The molecule has 2 heterocycles. The Morgan fingerprint density at radius 3 is 2.85 bits per heavy atom. The van der Waals surface area contributed by atoms with Crippen LogP contribution in [0.3, 0.4) is 0 Å². The molecule has 1 aliphatic rings. The number of likely N-dealkylation sites (tertiary alicyclic amines) is 1. The minimum absolute atomic E-state index is 0.0704. The molecule has 3 rings (SSSR count). The van der Waals surface area contributed by atoms with E-state index >= 15 is 0 Å². The molecule has 1 amide bonds. The lowest BCUT2D eigenvalue weighted by atomic mass is 10.2. The molecule has 0 aliphatic carbocycles. The predicted octanol–water partition coefficient (Wildman–Crippen LogP) is 1.14. The fraction of sp³-hybridized carbons (Fsp3) is 0.333. The summed E-state index contributed by atoms with van der Waals surface area (Å²) in [4.78, 5) is 13.4. The van der Waals surface area contributed by atoms with Gasteiger partial charge in [-0.2, -0.15) is 0 Å². The molecular formula is C12H11F2N5O.